The summed E-state index contributed by atoms with van der Waals surface area (Å²) in [6.07, 6.45) is 13.6. The maximum absolute atomic E-state index is 10.7. The van der Waals surface area contributed by atoms with Crippen molar-refractivity contribution in [3.8, 4) is 0 Å². The first-order valence-corrected chi connectivity index (χ1v) is 14.1. The molecule has 5 atom stereocenters. The summed E-state index contributed by atoms with van der Waals surface area (Å²) in [7, 11) is 0. The third kappa shape index (κ3) is 5.98. The Kier molecular flexibility index (Phi) is 9.35. The van der Waals surface area contributed by atoms with Crippen LogP contribution in [0, 0.1) is 17.3 Å². The first kappa shape index (κ1) is 27.0. The molecule has 0 radical (unpaired) electrons. The van der Waals surface area contributed by atoms with Crippen LogP contribution >= 0.6 is 11.8 Å². The molecule has 4 N–H and O–H groups in total. The predicted octanol–water partition coefficient (Wildman–Crippen LogP) is 5.16. The smallest absolute Gasteiger partial charge is 0.0732 e. The van der Waals surface area contributed by atoms with Gasteiger partial charge in [0.2, 0.25) is 0 Å². The third-order valence-electron chi connectivity index (χ3n) is 8.89. The lowest BCUT2D eigenvalue weighted by Crippen LogP contribution is -2.37. The van der Waals surface area contributed by atoms with E-state index in [9.17, 15) is 20.4 Å². The van der Waals surface area contributed by atoms with Crippen molar-refractivity contribution < 1.29 is 20.4 Å². The number of allylic oxidation sites excluding steroid dienone is 4. The van der Waals surface area contributed by atoms with Gasteiger partial charge in [0.25, 0.3) is 0 Å². The Balaban J connectivity index is 1.68. The zero-order valence-corrected chi connectivity index (χ0v) is 21.9. The molecule has 0 unspecified atom stereocenters. The highest BCUT2D eigenvalue weighted by Gasteiger charge is 2.46. The molecule has 0 aromatic carbocycles. The van der Waals surface area contributed by atoms with Crippen molar-refractivity contribution in [2.45, 2.75) is 109 Å². The van der Waals surface area contributed by atoms with Gasteiger partial charge in [-0.1, -0.05) is 55.7 Å². The van der Waals surface area contributed by atoms with Crippen LogP contribution < -0.4 is 0 Å². The molecule has 188 valence electrons. The zero-order valence-electron chi connectivity index (χ0n) is 21.1. The van der Waals surface area contributed by atoms with Crippen molar-refractivity contribution >= 4 is 11.8 Å². The molecule has 0 aromatic heterocycles. The van der Waals surface area contributed by atoms with Gasteiger partial charge in [-0.2, -0.15) is 11.8 Å². The molecule has 4 nitrogen and oxygen atoms in total. The summed E-state index contributed by atoms with van der Waals surface area (Å²) in [6, 6.07) is 0. The molecule has 5 heteroatoms. The second-order valence-corrected chi connectivity index (χ2v) is 12.2. The summed E-state index contributed by atoms with van der Waals surface area (Å²) in [5.41, 5.74) is 3.79. The lowest BCUT2D eigenvalue weighted by Gasteiger charge is -2.42. The normalized spacial score (nSPS) is 34.8. The number of aliphatic hydroxyl groups is 4. The van der Waals surface area contributed by atoms with E-state index in [2.05, 4.69) is 45.9 Å². The molecule has 3 aliphatic carbocycles. The minimum absolute atomic E-state index is 0.00433. The number of rotatable bonds is 9. The van der Waals surface area contributed by atoms with E-state index in [1.165, 1.54) is 18.4 Å². The van der Waals surface area contributed by atoms with Gasteiger partial charge >= 0.3 is 0 Å². The molecular formula is C28H46O4S. The fraction of sp³-hybridized carbons (Fsp3) is 0.786. The van der Waals surface area contributed by atoms with Crippen molar-refractivity contribution in [1.82, 2.24) is 0 Å². The minimum Gasteiger partial charge on any atom is -0.396 e. The van der Waals surface area contributed by atoms with E-state index in [1.807, 2.05) is 11.8 Å². The van der Waals surface area contributed by atoms with E-state index >= 15 is 0 Å². The van der Waals surface area contributed by atoms with Gasteiger partial charge in [0, 0.05) is 23.5 Å². The molecule has 0 amide bonds. The van der Waals surface area contributed by atoms with Crippen LogP contribution in [0.15, 0.2) is 34.9 Å². The monoisotopic (exact) mass is 478 g/mol. The Bertz CT molecular complexity index is 739. The highest BCUT2D eigenvalue weighted by atomic mass is 32.2. The molecule has 0 aromatic rings. The number of fused-ring (bicyclic) bond motifs is 1. The van der Waals surface area contributed by atoms with Crippen LogP contribution in [-0.2, 0) is 0 Å². The molecule has 0 saturated heterocycles. The van der Waals surface area contributed by atoms with Crippen molar-refractivity contribution in [2.75, 3.05) is 12.4 Å². The Morgan fingerprint density at radius 1 is 1.18 bits per heavy atom. The van der Waals surface area contributed by atoms with Crippen LogP contribution in [0.25, 0.3) is 0 Å². The van der Waals surface area contributed by atoms with E-state index in [0.29, 0.717) is 30.4 Å². The molecule has 3 rings (SSSR count). The van der Waals surface area contributed by atoms with Gasteiger partial charge in [-0.3, -0.25) is 0 Å². The molecule has 0 bridgehead atoms. The Morgan fingerprint density at radius 2 is 1.85 bits per heavy atom. The lowest BCUT2D eigenvalue weighted by atomic mass is 9.63. The SMILES string of the molecule is CCC(O)(CC)CS[C@@H](C)C1=CC[C@H]2/C(=C/C=C3C[C@@H](O)C(CCO)[C@H](O)C3)CCC[C@]12C. The second-order valence-electron chi connectivity index (χ2n) is 10.9. The summed E-state index contributed by atoms with van der Waals surface area (Å²) in [6.45, 7) is 8.90. The second kappa shape index (κ2) is 11.4. The molecule has 33 heavy (non-hydrogen) atoms. The zero-order chi connectivity index (χ0) is 24.2. The summed E-state index contributed by atoms with van der Waals surface area (Å²) in [5, 5.41) is 41.2. The van der Waals surface area contributed by atoms with E-state index in [4.69, 9.17) is 0 Å². The van der Waals surface area contributed by atoms with Gasteiger partial charge in [-0.05, 0) is 76.0 Å². The summed E-state index contributed by atoms with van der Waals surface area (Å²) in [4.78, 5) is 0. The standard InChI is InChI=1S/C28H46O4S/c1-5-28(32,6-2)18-33-19(3)23-11-12-24-21(8-7-14-27(23,24)4)10-9-20-16-25(30)22(13-15-29)26(31)17-20/h9-11,19,22,24-26,29-32H,5-8,12-18H2,1-4H3/b20-9?,21-10+/t19-,22?,24-,25+,26+,27+/m0/s1. The van der Waals surface area contributed by atoms with Gasteiger partial charge in [0.05, 0.1) is 17.8 Å². The van der Waals surface area contributed by atoms with Crippen LogP contribution in [0.1, 0.15) is 85.5 Å². The van der Waals surface area contributed by atoms with Crippen LogP contribution in [0.3, 0.4) is 0 Å². The van der Waals surface area contributed by atoms with Crippen LogP contribution in [0.2, 0.25) is 0 Å². The van der Waals surface area contributed by atoms with Gasteiger partial charge in [-0.15, -0.1) is 0 Å². The van der Waals surface area contributed by atoms with Crippen LogP contribution in [0.5, 0.6) is 0 Å². The van der Waals surface area contributed by atoms with Crippen molar-refractivity contribution in [1.29, 1.82) is 0 Å². The van der Waals surface area contributed by atoms with Gasteiger partial charge in [0.1, 0.15) is 0 Å². The largest absolute Gasteiger partial charge is 0.396 e. The number of hydrogen-bond donors (Lipinski definition) is 4. The van der Waals surface area contributed by atoms with E-state index in [1.54, 1.807) is 5.57 Å². The molecular weight excluding hydrogens is 432 g/mol. The Morgan fingerprint density at radius 3 is 2.45 bits per heavy atom. The number of aliphatic hydroxyl groups excluding tert-OH is 3. The Labute approximate surface area is 205 Å². The maximum atomic E-state index is 10.7. The summed E-state index contributed by atoms with van der Waals surface area (Å²) in [5.74, 6) is 1.09. The minimum atomic E-state index is -0.579. The number of thioether (sulfide) groups is 1. The quantitative estimate of drug-likeness (QED) is 0.344. The predicted molar refractivity (Wildman–Crippen MR) is 138 cm³/mol. The van der Waals surface area contributed by atoms with Gasteiger partial charge in [0.15, 0.2) is 0 Å². The highest BCUT2D eigenvalue weighted by molar-refractivity contribution is 8.00. The molecule has 0 spiro atoms. The average molecular weight is 479 g/mol. The summed E-state index contributed by atoms with van der Waals surface area (Å²) >= 11 is 1.90. The van der Waals surface area contributed by atoms with E-state index in [0.717, 1.165) is 37.0 Å². The molecule has 0 heterocycles. The number of hydrogen-bond acceptors (Lipinski definition) is 5. The first-order valence-electron chi connectivity index (χ1n) is 13.1. The van der Waals surface area contributed by atoms with E-state index < -0.39 is 17.8 Å². The highest BCUT2D eigenvalue weighted by Crippen LogP contribution is 2.57. The van der Waals surface area contributed by atoms with Crippen molar-refractivity contribution in [3.63, 3.8) is 0 Å². The van der Waals surface area contributed by atoms with Crippen LogP contribution in [0.4, 0.5) is 0 Å². The first-order chi connectivity index (χ1) is 15.7. The fourth-order valence-electron chi connectivity index (χ4n) is 6.38. The van der Waals surface area contributed by atoms with E-state index in [-0.39, 0.29) is 17.9 Å². The summed E-state index contributed by atoms with van der Waals surface area (Å²) < 4.78 is 0. The maximum Gasteiger partial charge on any atom is 0.0732 e. The lowest BCUT2D eigenvalue weighted by molar-refractivity contribution is -0.0163. The third-order valence-corrected chi connectivity index (χ3v) is 10.4. The van der Waals surface area contributed by atoms with Crippen molar-refractivity contribution in [2.24, 2.45) is 17.3 Å². The molecule has 3 aliphatic rings. The van der Waals surface area contributed by atoms with Gasteiger partial charge in [-0.25, -0.2) is 0 Å². The fourth-order valence-corrected chi connectivity index (χ4v) is 7.89. The molecule has 2 fully saturated rings. The van der Waals surface area contributed by atoms with Crippen LogP contribution in [-0.4, -0.2) is 55.8 Å². The Hall–Kier alpha value is -0.590. The topological polar surface area (TPSA) is 80.9 Å². The molecule has 0 aliphatic heterocycles. The molecule has 2 saturated carbocycles. The van der Waals surface area contributed by atoms with Crippen molar-refractivity contribution in [3.05, 3.63) is 34.9 Å². The van der Waals surface area contributed by atoms with Gasteiger partial charge < -0.3 is 20.4 Å². The average Bonchev–Trinajstić information content (AvgIpc) is 3.15.